The third-order valence-corrected chi connectivity index (χ3v) is 5.16. The first kappa shape index (κ1) is 18.2. The Kier molecular flexibility index (Phi) is 5.40. The lowest BCUT2D eigenvalue weighted by molar-refractivity contribution is 0.546. The molecule has 0 aliphatic rings. The van der Waals surface area contributed by atoms with E-state index < -0.39 is 10.0 Å². The van der Waals surface area contributed by atoms with Crippen LogP contribution >= 0.6 is 11.6 Å². The summed E-state index contributed by atoms with van der Waals surface area (Å²) in [4.78, 5) is 0.0451. The standard InChI is InChI=1S/C20H16ClNO3S/c1-15-7-5-6-10-19(15)25-20(16-8-3-2-4-9-16)22-26(23,24)18-13-11-17(21)12-14-18/h2-14H,1H3. The number of aryl methyl sites for hydroxylation is 1. The van der Waals surface area contributed by atoms with Gasteiger partial charge in [0.15, 0.2) is 0 Å². The van der Waals surface area contributed by atoms with Gasteiger partial charge >= 0.3 is 0 Å². The number of para-hydroxylation sites is 1. The molecule has 0 atom stereocenters. The summed E-state index contributed by atoms with van der Waals surface area (Å²) < 4.78 is 35.2. The van der Waals surface area contributed by atoms with Crippen molar-refractivity contribution in [3.63, 3.8) is 0 Å². The van der Waals surface area contributed by atoms with Crippen LogP contribution in [0.3, 0.4) is 0 Å². The molecule has 0 saturated carbocycles. The zero-order chi connectivity index (χ0) is 18.6. The normalized spacial score (nSPS) is 12.0. The van der Waals surface area contributed by atoms with Crippen LogP contribution in [0.4, 0.5) is 0 Å². The minimum absolute atomic E-state index is 0.00912. The maximum Gasteiger partial charge on any atom is 0.285 e. The van der Waals surface area contributed by atoms with E-state index in [1.807, 2.05) is 31.2 Å². The van der Waals surface area contributed by atoms with Crippen LogP contribution in [0.1, 0.15) is 11.1 Å². The van der Waals surface area contributed by atoms with Crippen molar-refractivity contribution in [2.45, 2.75) is 11.8 Å². The van der Waals surface area contributed by atoms with Crippen molar-refractivity contribution in [3.8, 4) is 5.75 Å². The molecule has 0 aliphatic heterocycles. The average Bonchev–Trinajstić information content (AvgIpc) is 2.64. The number of hydrogen-bond acceptors (Lipinski definition) is 3. The number of ether oxygens (including phenoxy) is 1. The lowest BCUT2D eigenvalue weighted by Crippen LogP contribution is -2.14. The highest BCUT2D eigenvalue weighted by Crippen LogP contribution is 2.21. The van der Waals surface area contributed by atoms with Crippen LogP contribution in [-0.2, 0) is 10.0 Å². The van der Waals surface area contributed by atoms with Crippen LogP contribution in [0.15, 0.2) is 88.2 Å². The molecule has 0 aromatic heterocycles. The molecule has 0 unspecified atom stereocenters. The van der Waals surface area contributed by atoms with Gasteiger partial charge in [-0.05, 0) is 55.0 Å². The number of benzene rings is 3. The second kappa shape index (κ2) is 7.72. The molecule has 0 saturated heterocycles. The highest BCUT2D eigenvalue weighted by atomic mass is 35.5. The van der Waals surface area contributed by atoms with Crippen LogP contribution in [0.25, 0.3) is 0 Å². The van der Waals surface area contributed by atoms with E-state index >= 15 is 0 Å². The minimum atomic E-state index is -3.95. The number of hydrogen-bond donors (Lipinski definition) is 0. The van der Waals surface area contributed by atoms with Crippen LogP contribution in [0.2, 0.25) is 5.02 Å². The Morgan fingerprint density at radius 3 is 2.15 bits per heavy atom. The second-order valence-corrected chi connectivity index (χ2v) is 7.60. The lowest BCUT2D eigenvalue weighted by atomic mass is 10.2. The summed E-state index contributed by atoms with van der Waals surface area (Å²) in [5.41, 5.74) is 1.44. The Morgan fingerprint density at radius 1 is 0.885 bits per heavy atom. The van der Waals surface area contributed by atoms with Crippen molar-refractivity contribution in [2.75, 3.05) is 0 Å². The van der Waals surface area contributed by atoms with Gasteiger partial charge in [0.25, 0.3) is 10.0 Å². The van der Waals surface area contributed by atoms with E-state index in [1.54, 1.807) is 30.3 Å². The summed E-state index contributed by atoms with van der Waals surface area (Å²) >= 11 is 5.83. The van der Waals surface area contributed by atoms with E-state index in [0.717, 1.165) is 5.56 Å². The van der Waals surface area contributed by atoms with Gasteiger partial charge in [-0.25, -0.2) is 0 Å². The van der Waals surface area contributed by atoms with Crippen LogP contribution in [-0.4, -0.2) is 14.3 Å². The highest BCUT2D eigenvalue weighted by Gasteiger charge is 2.17. The lowest BCUT2D eigenvalue weighted by Gasteiger charge is -2.11. The summed E-state index contributed by atoms with van der Waals surface area (Å²) in [5, 5.41) is 0.451. The van der Waals surface area contributed by atoms with Gasteiger partial charge in [-0.2, -0.15) is 8.42 Å². The highest BCUT2D eigenvalue weighted by molar-refractivity contribution is 7.90. The Bertz CT molecular complexity index is 1030. The van der Waals surface area contributed by atoms with Crippen molar-refractivity contribution < 1.29 is 13.2 Å². The summed E-state index contributed by atoms with van der Waals surface area (Å²) in [5.74, 6) is 0.552. The van der Waals surface area contributed by atoms with Crippen molar-refractivity contribution in [1.82, 2.24) is 0 Å². The predicted octanol–water partition coefficient (Wildman–Crippen LogP) is 4.86. The third-order valence-electron chi connectivity index (χ3n) is 3.64. The molecule has 3 aromatic rings. The number of nitrogens with zero attached hydrogens (tertiary/aromatic N) is 1. The molecule has 0 radical (unpaired) electrons. The molecule has 3 aromatic carbocycles. The monoisotopic (exact) mass is 385 g/mol. The van der Waals surface area contributed by atoms with E-state index in [2.05, 4.69) is 4.40 Å². The topological polar surface area (TPSA) is 55.7 Å². The fourth-order valence-corrected chi connectivity index (χ4v) is 3.33. The summed E-state index contributed by atoms with van der Waals surface area (Å²) in [7, 11) is -3.95. The quantitative estimate of drug-likeness (QED) is 0.476. The van der Waals surface area contributed by atoms with E-state index in [4.69, 9.17) is 16.3 Å². The molecule has 0 spiro atoms. The molecule has 0 bridgehead atoms. The molecule has 0 amide bonds. The van der Waals surface area contributed by atoms with E-state index in [-0.39, 0.29) is 10.8 Å². The largest absolute Gasteiger partial charge is 0.437 e. The van der Waals surface area contributed by atoms with Crippen molar-refractivity contribution in [3.05, 3.63) is 95.0 Å². The molecule has 132 valence electrons. The van der Waals surface area contributed by atoms with Crippen molar-refractivity contribution in [2.24, 2.45) is 4.40 Å². The van der Waals surface area contributed by atoms with Gasteiger partial charge in [0.1, 0.15) is 5.75 Å². The SMILES string of the molecule is Cc1ccccc1OC(=NS(=O)(=O)c1ccc(Cl)cc1)c1ccccc1. The zero-order valence-corrected chi connectivity index (χ0v) is 15.5. The van der Waals surface area contributed by atoms with E-state index in [9.17, 15) is 8.42 Å². The Hall–Kier alpha value is -2.63. The molecule has 6 heteroatoms. The summed E-state index contributed by atoms with van der Waals surface area (Å²) in [6, 6.07) is 22.1. The second-order valence-electron chi connectivity index (χ2n) is 5.56. The van der Waals surface area contributed by atoms with Crippen LogP contribution in [0.5, 0.6) is 5.75 Å². The van der Waals surface area contributed by atoms with Crippen LogP contribution < -0.4 is 4.74 Å². The number of halogens is 1. The van der Waals surface area contributed by atoms with Gasteiger partial charge < -0.3 is 4.74 Å². The molecule has 3 rings (SSSR count). The molecule has 26 heavy (non-hydrogen) atoms. The Balaban J connectivity index is 2.07. The Morgan fingerprint density at radius 2 is 1.50 bits per heavy atom. The summed E-state index contributed by atoms with van der Waals surface area (Å²) in [6.07, 6.45) is 0. The van der Waals surface area contributed by atoms with Crippen molar-refractivity contribution in [1.29, 1.82) is 0 Å². The first-order valence-corrected chi connectivity index (χ1v) is 9.67. The van der Waals surface area contributed by atoms with E-state index in [0.29, 0.717) is 16.3 Å². The molecule has 0 heterocycles. The predicted molar refractivity (Wildman–Crippen MR) is 103 cm³/mol. The maximum atomic E-state index is 12.7. The number of sulfonamides is 1. The maximum absolute atomic E-state index is 12.7. The smallest absolute Gasteiger partial charge is 0.285 e. The fraction of sp³-hybridized carbons (Fsp3) is 0.0500. The molecule has 0 fully saturated rings. The van der Waals surface area contributed by atoms with E-state index in [1.165, 1.54) is 24.3 Å². The zero-order valence-electron chi connectivity index (χ0n) is 14.0. The fourth-order valence-electron chi connectivity index (χ4n) is 2.25. The van der Waals surface area contributed by atoms with Gasteiger partial charge in [-0.3, -0.25) is 0 Å². The van der Waals surface area contributed by atoms with Crippen LogP contribution in [0, 0.1) is 6.92 Å². The van der Waals surface area contributed by atoms with Gasteiger partial charge in [-0.15, -0.1) is 4.40 Å². The third kappa shape index (κ3) is 4.31. The molecule has 0 aliphatic carbocycles. The van der Waals surface area contributed by atoms with Gasteiger partial charge in [-0.1, -0.05) is 48.0 Å². The van der Waals surface area contributed by atoms with Gasteiger partial charge in [0, 0.05) is 10.6 Å². The minimum Gasteiger partial charge on any atom is -0.437 e. The van der Waals surface area contributed by atoms with Crippen molar-refractivity contribution >= 4 is 27.5 Å². The summed E-state index contributed by atoms with van der Waals surface area (Å²) in [6.45, 7) is 1.88. The first-order valence-electron chi connectivity index (χ1n) is 7.85. The molecular weight excluding hydrogens is 370 g/mol. The molecular formula is C20H16ClNO3S. The number of rotatable bonds is 4. The average molecular weight is 386 g/mol. The molecule has 4 nitrogen and oxygen atoms in total. The molecule has 0 N–H and O–H groups in total. The van der Waals surface area contributed by atoms with Gasteiger partial charge in [0.2, 0.25) is 5.90 Å². The Labute approximate surface area is 157 Å². The van der Waals surface area contributed by atoms with Gasteiger partial charge in [0.05, 0.1) is 4.90 Å². The first-order chi connectivity index (χ1) is 12.5.